The summed E-state index contributed by atoms with van der Waals surface area (Å²) in [5, 5.41) is 29.7. The number of carboxylic acids is 3. The van der Waals surface area contributed by atoms with Crippen molar-refractivity contribution in [3.63, 3.8) is 0 Å². The van der Waals surface area contributed by atoms with Crippen molar-refractivity contribution in [2.24, 2.45) is 27.9 Å². The Hall–Kier alpha value is -0.190. The van der Waals surface area contributed by atoms with Crippen LogP contribution in [0.5, 0.6) is 0 Å². The first-order valence-electron chi connectivity index (χ1n) is 7.69. The summed E-state index contributed by atoms with van der Waals surface area (Å²) in [5.41, 5.74) is 20.2. The molecule has 0 aromatic carbocycles. The largest absolute Gasteiger partial charge is 1.00 e. The quantitative estimate of drug-likeness (QED) is 0.112. The molecule has 0 spiro atoms. The number of guanidine groups is 1. The van der Waals surface area contributed by atoms with Crippen LogP contribution in [0.3, 0.4) is 0 Å². The number of rotatable bonds is 8. The number of carbonyl (C=O) groups is 3. The van der Waals surface area contributed by atoms with Gasteiger partial charge < -0.3 is 58.1 Å². The number of carboxylic acid groups (broad SMARTS) is 3. The Balaban J connectivity index is -0.0000000917. The van der Waals surface area contributed by atoms with Gasteiger partial charge in [0.15, 0.2) is 5.96 Å². The Morgan fingerprint density at radius 3 is 1.83 bits per heavy atom. The molecule has 0 saturated carbocycles. The monoisotopic (exact) mass is 459 g/mol. The van der Waals surface area contributed by atoms with Gasteiger partial charge in [-0.1, -0.05) is 0 Å². The zero-order valence-corrected chi connectivity index (χ0v) is 21.7. The van der Waals surface area contributed by atoms with Gasteiger partial charge in [0.05, 0.1) is 24.4 Å². The molecule has 10 N–H and O–H groups in total. The minimum atomic E-state index is -1.23. The van der Waals surface area contributed by atoms with Crippen LogP contribution in [0.1, 0.15) is 0 Å². The van der Waals surface area contributed by atoms with E-state index < -0.39 is 23.8 Å². The van der Waals surface area contributed by atoms with Gasteiger partial charge in [-0.3, -0.25) is 9.79 Å². The molecule has 13 nitrogen and oxygen atoms in total. The molecule has 0 bridgehead atoms. The molecule has 160 valence electrons. The molecule has 0 atom stereocenters. The number of alkyl halides is 1. The van der Waals surface area contributed by atoms with Gasteiger partial charge in [-0.25, -0.2) is 0 Å². The van der Waals surface area contributed by atoms with Crippen molar-refractivity contribution >= 4 is 35.5 Å². The molecular formula is C13H28ClN7Na2O6. The van der Waals surface area contributed by atoms with Crippen molar-refractivity contribution in [3.05, 3.63) is 0 Å². The fourth-order valence-electron chi connectivity index (χ4n) is 1.12. The number of carbonyl (C=O) groups excluding carboxylic acids is 2. The van der Waals surface area contributed by atoms with Gasteiger partial charge in [-0.05, 0) is 0 Å². The second-order valence-corrected chi connectivity index (χ2v) is 4.74. The van der Waals surface area contributed by atoms with Crippen molar-refractivity contribution in [1.82, 2.24) is 10.2 Å². The maximum Gasteiger partial charge on any atom is 1.00 e. The molecule has 0 saturated heterocycles. The molecule has 1 heterocycles. The standard InChI is InChI=1S/C5H9N3O2.C4H10N2O2.C2H3ClO2.C2H8N2.2Na/c6-5-7-1-2-8(5)3-4(9)10;5-1-2-6-3-4(7)8;3-1-2(4)5;3-1-2-4;;/h1-3H2,(H2,6,7)(H,9,10);6H,1-3,5H2,(H,7,8);1H2,(H,4,5);1-4H2;;/q;;;;2*+1/p-2. The van der Waals surface area contributed by atoms with E-state index in [0.717, 1.165) is 0 Å². The number of nitrogens with zero attached hydrogens (tertiary/aromatic N) is 2. The summed E-state index contributed by atoms with van der Waals surface area (Å²) in [5.74, 6) is -3.28. The third-order valence-electron chi connectivity index (χ3n) is 2.16. The van der Waals surface area contributed by atoms with E-state index in [4.69, 9.17) is 37.9 Å². The first-order valence-corrected chi connectivity index (χ1v) is 8.22. The fourth-order valence-corrected chi connectivity index (χ4v) is 1.12. The van der Waals surface area contributed by atoms with Crippen LogP contribution < -0.4 is 97.6 Å². The van der Waals surface area contributed by atoms with E-state index in [1.807, 2.05) is 0 Å². The Morgan fingerprint density at radius 1 is 1.10 bits per heavy atom. The van der Waals surface area contributed by atoms with E-state index in [9.17, 15) is 14.7 Å². The normalized spacial score (nSPS) is 10.8. The second kappa shape index (κ2) is 30.0. The summed E-state index contributed by atoms with van der Waals surface area (Å²) in [7, 11) is 0. The van der Waals surface area contributed by atoms with Crippen LogP contribution in [0, 0.1) is 0 Å². The number of hydrogen-bond acceptors (Lipinski definition) is 12. The summed E-state index contributed by atoms with van der Waals surface area (Å²) in [6.45, 7) is 3.24. The Morgan fingerprint density at radius 2 is 1.59 bits per heavy atom. The molecule has 0 aromatic rings. The van der Waals surface area contributed by atoms with E-state index >= 15 is 0 Å². The Kier molecular flexibility index (Phi) is 40.7. The smallest absolute Gasteiger partial charge is 0.549 e. The SMILES string of the molecule is NC1=NCCN1CC(=O)O.NCCN.NCCNCC(=O)[O-].O=C([O-])CCl.[Na+].[Na+]. The van der Waals surface area contributed by atoms with E-state index in [0.29, 0.717) is 45.2 Å². The molecule has 0 radical (unpaired) electrons. The summed E-state index contributed by atoms with van der Waals surface area (Å²) < 4.78 is 0. The van der Waals surface area contributed by atoms with Crippen LogP contribution in [0.15, 0.2) is 4.99 Å². The number of hydrogen-bond donors (Lipinski definition) is 6. The molecule has 0 unspecified atom stereocenters. The summed E-state index contributed by atoms with van der Waals surface area (Å²) in [6, 6.07) is 0. The minimum Gasteiger partial charge on any atom is -0.549 e. The van der Waals surface area contributed by atoms with E-state index in [-0.39, 0.29) is 72.2 Å². The molecule has 0 amide bonds. The summed E-state index contributed by atoms with van der Waals surface area (Å²) in [4.78, 5) is 34.3. The van der Waals surface area contributed by atoms with Crippen LogP contribution in [-0.4, -0.2) is 92.1 Å². The molecule has 0 aromatic heterocycles. The van der Waals surface area contributed by atoms with Gasteiger partial charge in [0.2, 0.25) is 0 Å². The van der Waals surface area contributed by atoms with Gasteiger partial charge in [-0.2, -0.15) is 0 Å². The predicted octanol–water partition coefficient (Wildman–Crippen LogP) is -12.1. The van der Waals surface area contributed by atoms with Gasteiger partial charge in [-0.15, -0.1) is 11.6 Å². The van der Waals surface area contributed by atoms with Gasteiger partial charge in [0.25, 0.3) is 0 Å². The van der Waals surface area contributed by atoms with Crippen LogP contribution in [0.2, 0.25) is 0 Å². The number of aliphatic carboxylic acids is 3. The van der Waals surface area contributed by atoms with Crippen molar-refractivity contribution < 1.29 is 88.8 Å². The van der Waals surface area contributed by atoms with Crippen LogP contribution >= 0.6 is 11.6 Å². The van der Waals surface area contributed by atoms with E-state index in [2.05, 4.69) is 21.9 Å². The average molecular weight is 460 g/mol. The zero-order valence-electron chi connectivity index (χ0n) is 16.9. The van der Waals surface area contributed by atoms with Crippen molar-refractivity contribution in [1.29, 1.82) is 0 Å². The third-order valence-corrected chi connectivity index (χ3v) is 2.38. The topological polar surface area (TPSA) is 249 Å². The number of halogens is 1. The van der Waals surface area contributed by atoms with Crippen molar-refractivity contribution in [3.8, 4) is 0 Å². The second-order valence-electron chi connectivity index (χ2n) is 4.48. The minimum absolute atomic E-state index is 0. The molecule has 1 rings (SSSR count). The van der Waals surface area contributed by atoms with Gasteiger partial charge in [0, 0.05) is 39.3 Å². The van der Waals surface area contributed by atoms with E-state index in [1.54, 1.807) is 0 Å². The Labute approximate surface area is 219 Å². The predicted molar refractivity (Wildman–Crippen MR) is 96.5 cm³/mol. The van der Waals surface area contributed by atoms with Crippen LogP contribution in [-0.2, 0) is 14.4 Å². The fraction of sp³-hybridized carbons (Fsp3) is 0.692. The number of nitrogens with two attached hydrogens (primary N) is 4. The number of nitrogens with one attached hydrogen (secondary N) is 1. The maximum absolute atomic E-state index is 10.1. The summed E-state index contributed by atoms with van der Waals surface area (Å²) >= 11 is 4.67. The molecule has 29 heavy (non-hydrogen) atoms. The van der Waals surface area contributed by atoms with Gasteiger partial charge in [0.1, 0.15) is 6.54 Å². The van der Waals surface area contributed by atoms with E-state index in [1.165, 1.54) is 4.90 Å². The van der Waals surface area contributed by atoms with Crippen LogP contribution in [0.25, 0.3) is 0 Å². The number of aliphatic imine (C=N–C) groups is 1. The molecule has 16 heteroatoms. The summed E-state index contributed by atoms with van der Waals surface area (Å²) in [6.07, 6.45) is 0. The molecule has 1 aliphatic heterocycles. The van der Waals surface area contributed by atoms with Gasteiger partial charge >= 0.3 is 65.1 Å². The molecule has 0 fully saturated rings. The van der Waals surface area contributed by atoms with Crippen molar-refractivity contribution in [2.75, 3.05) is 58.2 Å². The first kappa shape index (κ1) is 39.3. The molecular weight excluding hydrogens is 432 g/mol. The zero-order chi connectivity index (χ0) is 21.7. The third kappa shape index (κ3) is 38.9. The van der Waals surface area contributed by atoms with Crippen LogP contribution in [0.4, 0.5) is 0 Å². The maximum atomic E-state index is 10.1. The molecule has 1 aliphatic rings. The first-order chi connectivity index (χ1) is 12.7. The Bertz CT molecular complexity index is 448. The molecule has 0 aliphatic carbocycles. The van der Waals surface area contributed by atoms with Crippen molar-refractivity contribution in [2.45, 2.75) is 0 Å². The average Bonchev–Trinajstić information content (AvgIpc) is 3.00.